The first-order chi connectivity index (χ1) is 10.6. The van der Waals surface area contributed by atoms with E-state index < -0.39 is 0 Å². The Hall–Kier alpha value is -2.30. The highest BCUT2D eigenvalue weighted by Gasteiger charge is 2.31. The van der Waals surface area contributed by atoms with Gasteiger partial charge in [-0.3, -0.25) is 4.68 Å². The molecule has 2 aromatic rings. The smallest absolute Gasteiger partial charge is 0.317 e. The highest BCUT2D eigenvalue weighted by Crippen LogP contribution is 2.34. The molecule has 1 aromatic heterocycles. The van der Waals surface area contributed by atoms with Crippen molar-refractivity contribution < 1.29 is 4.79 Å². The van der Waals surface area contributed by atoms with Crippen molar-refractivity contribution in [2.45, 2.75) is 32.7 Å². The molecule has 2 heterocycles. The van der Waals surface area contributed by atoms with Gasteiger partial charge in [0.2, 0.25) is 0 Å². The molecular weight excluding hydrogens is 276 g/mol. The predicted octanol–water partition coefficient (Wildman–Crippen LogP) is 3.41. The first-order valence-corrected chi connectivity index (χ1v) is 7.68. The van der Waals surface area contributed by atoms with Crippen LogP contribution in [0.5, 0.6) is 0 Å². The summed E-state index contributed by atoms with van der Waals surface area (Å²) in [6, 6.07) is 6.46. The quantitative estimate of drug-likeness (QED) is 0.923. The van der Waals surface area contributed by atoms with Crippen molar-refractivity contribution in [1.82, 2.24) is 14.7 Å². The summed E-state index contributed by atoms with van der Waals surface area (Å²) in [7, 11) is 1.84. The van der Waals surface area contributed by atoms with E-state index in [1.807, 2.05) is 11.9 Å². The standard InChI is InChI=1S/C17H22N4O/c1-12-6-4-7-15(13(12)2)16-8-5-9-21(16)17(22)19-14-10-18-20(3)11-14/h4,6-7,10-11,16H,5,8-9H2,1-3H3,(H,19,22). The first-order valence-electron chi connectivity index (χ1n) is 7.68. The SMILES string of the molecule is Cc1cccc(C2CCCN2C(=O)Nc2cnn(C)c2)c1C. The number of benzene rings is 1. The molecule has 1 fully saturated rings. The molecule has 0 spiro atoms. The van der Waals surface area contributed by atoms with Crippen molar-refractivity contribution in [3.05, 3.63) is 47.3 Å². The maximum Gasteiger partial charge on any atom is 0.322 e. The average Bonchev–Trinajstić information content (AvgIpc) is 3.11. The van der Waals surface area contributed by atoms with Crippen molar-refractivity contribution in [1.29, 1.82) is 0 Å². The Kier molecular flexibility index (Phi) is 3.88. The van der Waals surface area contributed by atoms with Gasteiger partial charge in [0.25, 0.3) is 0 Å². The fourth-order valence-corrected chi connectivity index (χ4v) is 3.15. The maximum atomic E-state index is 12.6. The van der Waals surface area contributed by atoms with Crippen LogP contribution in [0.3, 0.4) is 0 Å². The number of likely N-dealkylation sites (tertiary alicyclic amines) is 1. The number of nitrogens with one attached hydrogen (secondary N) is 1. The third kappa shape index (κ3) is 2.71. The zero-order valence-corrected chi connectivity index (χ0v) is 13.3. The van der Waals surface area contributed by atoms with Gasteiger partial charge in [-0.1, -0.05) is 18.2 Å². The molecule has 1 unspecified atom stereocenters. The topological polar surface area (TPSA) is 50.2 Å². The molecule has 1 aromatic carbocycles. The number of amides is 2. The minimum Gasteiger partial charge on any atom is -0.317 e. The zero-order valence-electron chi connectivity index (χ0n) is 13.3. The van der Waals surface area contributed by atoms with Crippen LogP contribution in [-0.4, -0.2) is 27.3 Å². The number of aromatic nitrogens is 2. The molecule has 22 heavy (non-hydrogen) atoms. The van der Waals surface area contributed by atoms with Crippen molar-refractivity contribution in [3.8, 4) is 0 Å². The summed E-state index contributed by atoms with van der Waals surface area (Å²) < 4.78 is 1.68. The molecular formula is C17H22N4O. The number of carbonyl (C=O) groups excluding carboxylic acids is 1. The highest BCUT2D eigenvalue weighted by atomic mass is 16.2. The Morgan fingerprint density at radius 2 is 2.18 bits per heavy atom. The second-order valence-corrected chi connectivity index (χ2v) is 5.97. The van der Waals surface area contributed by atoms with Crippen LogP contribution in [0.4, 0.5) is 10.5 Å². The number of rotatable bonds is 2. The zero-order chi connectivity index (χ0) is 15.7. The van der Waals surface area contributed by atoms with Gasteiger partial charge in [0.05, 0.1) is 17.9 Å². The van der Waals surface area contributed by atoms with Crippen molar-refractivity contribution in [2.75, 3.05) is 11.9 Å². The van der Waals surface area contributed by atoms with Crippen LogP contribution in [0.1, 0.15) is 35.6 Å². The molecule has 116 valence electrons. The fourth-order valence-electron chi connectivity index (χ4n) is 3.15. The van der Waals surface area contributed by atoms with Crippen molar-refractivity contribution in [2.24, 2.45) is 7.05 Å². The van der Waals surface area contributed by atoms with Crippen LogP contribution in [-0.2, 0) is 7.05 Å². The number of hydrogen-bond acceptors (Lipinski definition) is 2. The summed E-state index contributed by atoms with van der Waals surface area (Å²) in [5, 5.41) is 7.02. The average molecular weight is 298 g/mol. The van der Waals surface area contributed by atoms with Gasteiger partial charge in [0.15, 0.2) is 0 Å². The summed E-state index contributed by atoms with van der Waals surface area (Å²) in [5.74, 6) is 0. The van der Waals surface area contributed by atoms with E-state index in [4.69, 9.17) is 0 Å². The van der Waals surface area contributed by atoms with Gasteiger partial charge >= 0.3 is 6.03 Å². The fraction of sp³-hybridized carbons (Fsp3) is 0.412. The lowest BCUT2D eigenvalue weighted by Crippen LogP contribution is -2.34. The van der Waals surface area contributed by atoms with E-state index >= 15 is 0 Å². The predicted molar refractivity (Wildman–Crippen MR) is 86.8 cm³/mol. The Bertz CT molecular complexity index is 692. The van der Waals surface area contributed by atoms with Gasteiger partial charge in [0.1, 0.15) is 0 Å². The van der Waals surface area contributed by atoms with Crippen molar-refractivity contribution >= 4 is 11.7 Å². The van der Waals surface area contributed by atoms with Crippen LogP contribution in [0.15, 0.2) is 30.6 Å². The van der Waals surface area contributed by atoms with E-state index in [1.165, 1.54) is 16.7 Å². The molecule has 1 atom stereocenters. The van der Waals surface area contributed by atoms with E-state index in [0.29, 0.717) is 0 Å². The Morgan fingerprint density at radius 3 is 2.91 bits per heavy atom. The van der Waals surface area contributed by atoms with Crippen LogP contribution in [0.25, 0.3) is 0 Å². The normalized spacial score (nSPS) is 17.8. The van der Waals surface area contributed by atoms with Crippen LogP contribution < -0.4 is 5.32 Å². The second-order valence-electron chi connectivity index (χ2n) is 5.97. The number of carbonyl (C=O) groups is 1. The lowest BCUT2D eigenvalue weighted by atomic mass is 9.96. The maximum absolute atomic E-state index is 12.6. The van der Waals surface area contributed by atoms with Gasteiger partial charge in [-0.25, -0.2) is 4.79 Å². The molecule has 1 aliphatic rings. The van der Waals surface area contributed by atoms with Crippen molar-refractivity contribution in [3.63, 3.8) is 0 Å². The molecule has 5 heteroatoms. The number of nitrogens with zero attached hydrogens (tertiary/aromatic N) is 3. The second kappa shape index (κ2) is 5.83. The Labute approximate surface area is 130 Å². The summed E-state index contributed by atoms with van der Waals surface area (Å²) in [6.45, 7) is 5.05. The molecule has 0 radical (unpaired) electrons. The summed E-state index contributed by atoms with van der Waals surface area (Å²) in [6.07, 6.45) is 5.53. The Morgan fingerprint density at radius 1 is 1.36 bits per heavy atom. The van der Waals surface area contributed by atoms with Gasteiger partial charge in [-0.15, -0.1) is 0 Å². The van der Waals surface area contributed by atoms with Gasteiger partial charge in [0, 0.05) is 19.8 Å². The largest absolute Gasteiger partial charge is 0.322 e. The van der Waals surface area contributed by atoms with Gasteiger partial charge in [-0.05, 0) is 43.4 Å². The molecule has 1 saturated heterocycles. The highest BCUT2D eigenvalue weighted by molar-refractivity contribution is 5.89. The molecule has 2 amide bonds. The van der Waals surface area contributed by atoms with E-state index in [0.717, 1.165) is 25.1 Å². The van der Waals surface area contributed by atoms with Gasteiger partial charge < -0.3 is 10.2 Å². The molecule has 5 nitrogen and oxygen atoms in total. The number of urea groups is 1. The third-order valence-electron chi connectivity index (χ3n) is 4.48. The van der Waals surface area contributed by atoms with Crippen LogP contribution in [0, 0.1) is 13.8 Å². The minimum atomic E-state index is -0.0450. The molecule has 1 N–H and O–H groups in total. The summed E-state index contributed by atoms with van der Waals surface area (Å²) >= 11 is 0. The third-order valence-corrected chi connectivity index (χ3v) is 4.48. The van der Waals surface area contributed by atoms with Crippen LogP contribution in [0.2, 0.25) is 0 Å². The molecule has 3 rings (SSSR count). The molecule has 0 bridgehead atoms. The lowest BCUT2D eigenvalue weighted by Gasteiger charge is -2.26. The minimum absolute atomic E-state index is 0.0450. The van der Waals surface area contributed by atoms with E-state index in [1.54, 1.807) is 17.1 Å². The lowest BCUT2D eigenvalue weighted by molar-refractivity contribution is 0.207. The number of anilines is 1. The number of hydrogen-bond donors (Lipinski definition) is 1. The summed E-state index contributed by atoms with van der Waals surface area (Å²) in [4.78, 5) is 14.5. The molecule has 0 aliphatic carbocycles. The number of aryl methyl sites for hydroxylation is 2. The van der Waals surface area contributed by atoms with Gasteiger partial charge in [-0.2, -0.15) is 5.10 Å². The molecule has 1 aliphatic heterocycles. The van der Waals surface area contributed by atoms with E-state index in [2.05, 4.69) is 42.5 Å². The Balaban J connectivity index is 1.80. The molecule has 0 saturated carbocycles. The first kappa shape index (κ1) is 14.6. The van der Waals surface area contributed by atoms with E-state index in [-0.39, 0.29) is 12.1 Å². The van der Waals surface area contributed by atoms with E-state index in [9.17, 15) is 4.79 Å². The monoisotopic (exact) mass is 298 g/mol. The summed E-state index contributed by atoms with van der Waals surface area (Å²) in [5.41, 5.74) is 4.56. The van der Waals surface area contributed by atoms with Crippen LogP contribution >= 0.6 is 0 Å².